The maximum atomic E-state index is 12.4. The van der Waals surface area contributed by atoms with E-state index >= 15 is 0 Å². The topological polar surface area (TPSA) is 62.5 Å². The molecule has 1 amide bonds. The highest BCUT2D eigenvalue weighted by Crippen LogP contribution is 2.19. The molecule has 0 saturated carbocycles. The normalized spacial score (nSPS) is 11.0. The Bertz CT molecular complexity index is 863. The first-order valence-electron chi connectivity index (χ1n) is 7.89. The Morgan fingerprint density at radius 2 is 2.00 bits per heavy atom. The van der Waals surface area contributed by atoms with Gasteiger partial charge < -0.3 is 10.2 Å². The number of carbonyl (C=O) groups is 1. The first kappa shape index (κ1) is 16.4. The molecule has 1 aromatic carbocycles. The maximum absolute atomic E-state index is 12.4. The van der Waals surface area contributed by atoms with E-state index in [4.69, 9.17) is 0 Å². The van der Waals surface area contributed by atoms with Crippen LogP contribution in [0.1, 0.15) is 33.7 Å². The van der Waals surface area contributed by atoms with Crippen LogP contribution in [0.2, 0.25) is 0 Å². The Morgan fingerprint density at radius 3 is 2.62 bits per heavy atom. The van der Waals surface area contributed by atoms with Crippen molar-refractivity contribution in [3.63, 3.8) is 0 Å². The van der Waals surface area contributed by atoms with Crippen molar-refractivity contribution < 1.29 is 4.79 Å². The van der Waals surface area contributed by atoms with Crippen LogP contribution in [0.4, 0.5) is 5.69 Å². The smallest absolute Gasteiger partial charge is 0.251 e. The zero-order valence-corrected chi connectivity index (χ0v) is 15.1. The molecule has 6 nitrogen and oxygen atoms in total. The summed E-state index contributed by atoms with van der Waals surface area (Å²) in [5, 5.41) is 8.56. The molecular weight excluding hydrogens is 322 g/mol. The third-order valence-corrected chi connectivity index (χ3v) is 4.96. The predicted octanol–water partition coefficient (Wildman–Crippen LogP) is 2.66. The van der Waals surface area contributed by atoms with Crippen LogP contribution in [-0.4, -0.2) is 34.6 Å². The molecule has 0 spiro atoms. The summed E-state index contributed by atoms with van der Waals surface area (Å²) >= 11 is 1.59. The van der Waals surface area contributed by atoms with Gasteiger partial charge in [0.15, 0.2) is 0 Å². The highest BCUT2D eigenvalue weighted by atomic mass is 32.1. The third-order valence-electron chi connectivity index (χ3n) is 3.90. The summed E-state index contributed by atoms with van der Waals surface area (Å²) in [7, 11) is 3.95. The van der Waals surface area contributed by atoms with Crippen LogP contribution in [0.3, 0.4) is 0 Å². The summed E-state index contributed by atoms with van der Waals surface area (Å²) in [5.41, 5.74) is 3.54. The fourth-order valence-corrected chi connectivity index (χ4v) is 3.35. The summed E-state index contributed by atoms with van der Waals surface area (Å²) in [4.78, 5) is 19.8. The molecule has 7 heteroatoms. The third kappa shape index (κ3) is 3.12. The van der Waals surface area contributed by atoms with Crippen molar-refractivity contribution in [3.8, 4) is 0 Å². The summed E-state index contributed by atoms with van der Waals surface area (Å²) in [6.07, 6.45) is 0.886. The average molecular weight is 343 g/mol. The van der Waals surface area contributed by atoms with E-state index in [1.54, 1.807) is 11.3 Å². The Balaban J connectivity index is 1.74. The maximum Gasteiger partial charge on any atom is 0.251 e. The number of imidazole rings is 1. The van der Waals surface area contributed by atoms with Crippen molar-refractivity contribution in [2.24, 2.45) is 0 Å². The van der Waals surface area contributed by atoms with E-state index in [9.17, 15) is 4.79 Å². The number of fused-ring (bicyclic) bond motifs is 1. The highest BCUT2D eigenvalue weighted by Gasteiger charge is 2.14. The molecule has 0 bridgehead atoms. The largest absolute Gasteiger partial charge is 0.378 e. The number of carbonyl (C=O) groups excluding carboxylic acids is 1. The zero-order valence-electron chi connectivity index (χ0n) is 14.3. The minimum atomic E-state index is -0.0967. The zero-order chi connectivity index (χ0) is 17.3. The van der Waals surface area contributed by atoms with Crippen molar-refractivity contribution in [1.82, 2.24) is 19.9 Å². The van der Waals surface area contributed by atoms with Gasteiger partial charge in [0.1, 0.15) is 5.01 Å². The Kier molecular flexibility index (Phi) is 4.53. The van der Waals surface area contributed by atoms with Gasteiger partial charge in [0.25, 0.3) is 5.91 Å². The van der Waals surface area contributed by atoms with Crippen molar-refractivity contribution in [1.29, 1.82) is 0 Å². The second-order valence-corrected chi connectivity index (χ2v) is 6.85. The van der Waals surface area contributed by atoms with E-state index in [0.29, 0.717) is 12.1 Å². The highest BCUT2D eigenvalue weighted by molar-refractivity contribution is 7.16. The molecule has 0 unspecified atom stereocenters. The lowest BCUT2D eigenvalue weighted by Crippen LogP contribution is -2.24. The van der Waals surface area contributed by atoms with Gasteiger partial charge >= 0.3 is 0 Å². The van der Waals surface area contributed by atoms with E-state index < -0.39 is 0 Å². The van der Waals surface area contributed by atoms with Crippen molar-refractivity contribution >= 4 is 27.9 Å². The van der Waals surface area contributed by atoms with Crippen LogP contribution in [0, 0.1) is 6.92 Å². The van der Waals surface area contributed by atoms with E-state index in [2.05, 4.69) is 22.3 Å². The van der Waals surface area contributed by atoms with Gasteiger partial charge in [-0.2, -0.15) is 5.10 Å². The van der Waals surface area contributed by atoms with Gasteiger partial charge in [-0.05, 0) is 37.6 Å². The first-order chi connectivity index (χ1) is 11.5. The van der Waals surface area contributed by atoms with Crippen molar-refractivity contribution in [2.45, 2.75) is 26.8 Å². The van der Waals surface area contributed by atoms with Crippen LogP contribution in [0.15, 0.2) is 24.3 Å². The van der Waals surface area contributed by atoms with Crippen LogP contribution in [0.5, 0.6) is 0 Å². The lowest BCUT2D eigenvalue weighted by molar-refractivity contribution is 0.0950. The number of rotatable bonds is 5. The average Bonchev–Trinajstić information content (AvgIpc) is 3.09. The number of amides is 1. The monoisotopic (exact) mass is 343 g/mol. The number of benzene rings is 1. The molecule has 0 radical (unpaired) electrons. The second kappa shape index (κ2) is 6.60. The fourth-order valence-electron chi connectivity index (χ4n) is 2.45. The number of nitrogens with zero attached hydrogens (tertiary/aromatic N) is 4. The molecule has 3 aromatic rings. The van der Waals surface area contributed by atoms with Gasteiger partial charge in [-0.3, -0.25) is 4.79 Å². The molecule has 0 atom stereocenters. The number of anilines is 1. The van der Waals surface area contributed by atoms with Gasteiger partial charge in [0.05, 0.1) is 17.9 Å². The van der Waals surface area contributed by atoms with Crippen LogP contribution in [-0.2, 0) is 13.0 Å². The van der Waals surface area contributed by atoms with Gasteiger partial charge in [-0.25, -0.2) is 9.50 Å². The molecule has 0 saturated heterocycles. The fraction of sp³-hybridized carbons (Fsp3) is 0.353. The summed E-state index contributed by atoms with van der Waals surface area (Å²) in [5.74, 6) is -0.0967. The lowest BCUT2D eigenvalue weighted by Gasteiger charge is -2.12. The molecule has 0 aliphatic carbocycles. The Labute approximate surface area is 145 Å². The molecule has 0 fully saturated rings. The van der Waals surface area contributed by atoms with Crippen molar-refractivity contribution in [2.75, 3.05) is 19.0 Å². The molecule has 1 N–H and O–H groups in total. The van der Waals surface area contributed by atoms with Gasteiger partial charge in [0, 0.05) is 25.3 Å². The van der Waals surface area contributed by atoms with Gasteiger partial charge in [-0.1, -0.05) is 18.3 Å². The minimum absolute atomic E-state index is 0.0967. The molecule has 0 aliphatic heterocycles. The Morgan fingerprint density at radius 1 is 1.29 bits per heavy atom. The van der Waals surface area contributed by atoms with Crippen molar-refractivity contribution in [3.05, 3.63) is 46.2 Å². The summed E-state index contributed by atoms with van der Waals surface area (Å²) < 4.78 is 1.84. The number of aromatic nitrogens is 3. The van der Waals surface area contributed by atoms with E-state index in [0.717, 1.165) is 33.5 Å². The van der Waals surface area contributed by atoms with E-state index in [1.165, 1.54) is 0 Å². The summed E-state index contributed by atoms with van der Waals surface area (Å²) in [6.45, 7) is 4.43. The van der Waals surface area contributed by atoms with E-state index in [1.807, 2.05) is 54.7 Å². The molecule has 2 aromatic heterocycles. The van der Waals surface area contributed by atoms with E-state index in [-0.39, 0.29) is 5.91 Å². The number of hydrogen-bond acceptors (Lipinski definition) is 5. The number of aryl methyl sites for hydroxylation is 2. The molecule has 126 valence electrons. The molecule has 0 aliphatic rings. The second-order valence-electron chi connectivity index (χ2n) is 5.81. The molecule has 3 rings (SSSR count). The first-order valence-corrected chi connectivity index (χ1v) is 8.70. The standard InChI is InChI=1S/C17H21N5OS/c1-5-15-20-22-14(11(2)19-17(22)24-15)10-18-16(23)12-6-8-13(9-7-12)21(3)4/h6-9H,5,10H2,1-4H3,(H,18,23). The van der Waals surface area contributed by atoms with Crippen LogP contribution < -0.4 is 10.2 Å². The van der Waals surface area contributed by atoms with Crippen LogP contribution in [0.25, 0.3) is 4.96 Å². The summed E-state index contributed by atoms with van der Waals surface area (Å²) in [6, 6.07) is 7.54. The van der Waals surface area contributed by atoms with Gasteiger partial charge in [-0.15, -0.1) is 0 Å². The lowest BCUT2D eigenvalue weighted by atomic mass is 10.2. The quantitative estimate of drug-likeness (QED) is 0.774. The molecular formula is C17H21N5OS. The molecule has 24 heavy (non-hydrogen) atoms. The molecule has 2 heterocycles. The predicted molar refractivity (Wildman–Crippen MR) is 96.9 cm³/mol. The van der Waals surface area contributed by atoms with Crippen LogP contribution >= 0.6 is 11.3 Å². The Hall–Kier alpha value is -2.41. The SMILES string of the molecule is CCc1nn2c(CNC(=O)c3ccc(N(C)C)cc3)c(C)nc2s1. The van der Waals surface area contributed by atoms with Gasteiger partial charge in [0.2, 0.25) is 4.96 Å². The number of hydrogen-bond donors (Lipinski definition) is 1. The number of nitrogens with one attached hydrogen (secondary N) is 1. The minimum Gasteiger partial charge on any atom is -0.378 e.